The van der Waals surface area contributed by atoms with E-state index in [2.05, 4.69) is 25.6 Å². The number of nitrogens with zero attached hydrogens (tertiary/aromatic N) is 1. The SMILES string of the molecule is Nc1oncc1-c1cc(Br)c(F)cc1F. The zero-order valence-electron chi connectivity index (χ0n) is 7.30. The van der Waals surface area contributed by atoms with E-state index in [0.717, 1.165) is 6.07 Å². The Labute approximate surface area is 92.0 Å². The number of nitrogens with two attached hydrogens (primary N) is 1. The van der Waals surface area contributed by atoms with Crippen LogP contribution in [0.1, 0.15) is 0 Å². The molecule has 3 nitrogen and oxygen atoms in total. The second-order valence-corrected chi connectivity index (χ2v) is 3.70. The third kappa shape index (κ3) is 1.72. The van der Waals surface area contributed by atoms with Crippen molar-refractivity contribution in [3.05, 3.63) is 34.4 Å². The van der Waals surface area contributed by atoms with Crippen LogP contribution in [0.4, 0.5) is 14.7 Å². The molecule has 2 aromatic rings. The van der Waals surface area contributed by atoms with Crippen molar-refractivity contribution in [1.82, 2.24) is 5.16 Å². The summed E-state index contributed by atoms with van der Waals surface area (Å²) < 4.78 is 31.1. The Hall–Kier alpha value is -1.43. The summed E-state index contributed by atoms with van der Waals surface area (Å²) in [4.78, 5) is 0. The van der Waals surface area contributed by atoms with Crippen LogP contribution in [-0.2, 0) is 0 Å². The summed E-state index contributed by atoms with van der Waals surface area (Å²) in [7, 11) is 0. The Kier molecular flexibility index (Phi) is 2.44. The molecule has 0 bridgehead atoms. The number of hydrogen-bond donors (Lipinski definition) is 1. The molecule has 0 aliphatic rings. The lowest BCUT2D eigenvalue weighted by molar-refractivity contribution is 0.436. The van der Waals surface area contributed by atoms with Gasteiger partial charge in [0.05, 0.1) is 16.2 Å². The molecule has 15 heavy (non-hydrogen) atoms. The zero-order chi connectivity index (χ0) is 11.0. The summed E-state index contributed by atoms with van der Waals surface area (Å²) in [5.41, 5.74) is 5.86. The Morgan fingerprint density at radius 3 is 2.53 bits per heavy atom. The van der Waals surface area contributed by atoms with Gasteiger partial charge in [-0.05, 0) is 22.0 Å². The molecule has 0 aliphatic carbocycles. The lowest BCUT2D eigenvalue weighted by Crippen LogP contribution is -1.90. The Balaban J connectivity index is 2.64. The minimum Gasteiger partial charge on any atom is -0.367 e. The largest absolute Gasteiger partial charge is 0.367 e. The highest BCUT2D eigenvalue weighted by molar-refractivity contribution is 9.10. The fourth-order valence-corrected chi connectivity index (χ4v) is 1.52. The molecule has 78 valence electrons. The first-order valence-corrected chi connectivity index (χ1v) is 4.74. The standard InChI is InChI=1S/C9H5BrF2N2O/c10-6-1-4(7(11)2-8(6)12)5-3-14-15-9(5)13/h1-3H,13H2. The van der Waals surface area contributed by atoms with Crippen LogP contribution >= 0.6 is 15.9 Å². The maximum Gasteiger partial charge on any atom is 0.230 e. The highest BCUT2D eigenvalue weighted by atomic mass is 79.9. The predicted molar refractivity (Wildman–Crippen MR) is 54.0 cm³/mol. The second kappa shape index (κ2) is 3.62. The van der Waals surface area contributed by atoms with Gasteiger partial charge < -0.3 is 10.3 Å². The van der Waals surface area contributed by atoms with E-state index in [1.54, 1.807) is 0 Å². The van der Waals surface area contributed by atoms with Gasteiger partial charge in [0.1, 0.15) is 11.6 Å². The summed E-state index contributed by atoms with van der Waals surface area (Å²) in [5.74, 6) is -1.40. The second-order valence-electron chi connectivity index (χ2n) is 2.85. The third-order valence-electron chi connectivity index (χ3n) is 1.90. The molecule has 0 radical (unpaired) electrons. The molecular weight excluding hydrogens is 270 g/mol. The van der Waals surface area contributed by atoms with Crippen molar-refractivity contribution in [2.24, 2.45) is 0 Å². The molecule has 6 heteroatoms. The maximum absolute atomic E-state index is 13.4. The molecular formula is C9H5BrF2N2O. The smallest absolute Gasteiger partial charge is 0.230 e. The van der Waals surface area contributed by atoms with Crippen molar-refractivity contribution in [2.45, 2.75) is 0 Å². The van der Waals surface area contributed by atoms with Gasteiger partial charge in [0.25, 0.3) is 0 Å². The molecule has 0 aliphatic heterocycles. The molecule has 2 rings (SSSR count). The Bertz CT molecular complexity index is 513. The van der Waals surface area contributed by atoms with Gasteiger partial charge in [0.2, 0.25) is 5.88 Å². The molecule has 0 fully saturated rings. The maximum atomic E-state index is 13.4. The van der Waals surface area contributed by atoms with Gasteiger partial charge in [0.15, 0.2) is 0 Å². The lowest BCUT2D eigenvalue weighted by Gasteiger charge is -2.02. The molecule has 1 aromatic heterocycles. The Morgan fingerprint density at radius 1 is 1.20 bits per heavy atom. The molecule has 2 N–H and O–H groups in total. The summed E-state index contributed by atoms with van der Waals surface area (Å²) >= 11 is 2.96. The lowest BCUT2D eigenvalue weighted by atomic mass is 10.1. The highest BCUT2D eigenvalue weighted by Crippen LogP contribution is 2.31. The van der Waals surface area contributed by atoms with E-state index in [9.17, 15) is 8.78 Å². The number of anilines is 1. The van der Waals surface area contributed by atoms with E-state index in [-0.39, 0.29) is 15.9 Å². The minimum absolute atomic E-state index is 0.00703. The molecule has 0 saturated carbocycles. The van der Waals surface area contributed by atoms with Crippen LogP contribution in [0.3, 0.4) is 0 Å². The van der Waals surface area contributed by atoms with Crippen molar-refractivity contribution in [3.63, 3.8) is 0 Å². The summed E-state index contributed by atoms with van der Waals surface area (Å²) in [6, 6.07) is 2.05. The Morgan fingerprint density at radius 2 is 1.93 bits per heavy atom. The van der Waals surface area contributed by atoms with Crippen LogP contribution in [0.25, 0.3) is 11.1 Å². The fraction of sp³-hybridized carbons (Fsp3) is 0. The molecule has 1 aromatic carbocycles. The number of aromatic nitrogens is 1. The summed E-state index contributed by atoms with van der Waals surface area (Å²) in [5, 5.41) is 3.42. The first kappa shape index (κ1) is 10.1. The average Bonchev–Trinajstić information content (AvgIpc) is 2.58. The van der Waals surface area contributed by atoms with Gasteiger partial charge >= 0.3 is 0 Å². The zero-order valence-corrected chi connectivity index (χ0v) is 8.88. The number of nitrogen functional groups attached to an aromatic ring is 1. The number of benzene rings is 1. The predicted octanol–water partition coefficient (Wildman–Crippen LogP) is 2.96. The van der Waals surface area contributed by atoms with Crippen molar-refractivity contribution in [2.75, 3.05) is 5.73 Å². The topological polar surface area (TPSA) is 52.0 Å². The van der Waals surface area contributed by atoms with Crippen molar-refractivity contribution >= 4 is 21.8 Å². The van der Waals surface area contributed by atoms with Gasteiger partial charge in [-0.2, -0.15) is 0 Å². The summed E-state index contributed by atoms with van der Waals surface area (Å²) in [6.07, 6.45) is 1.28. The van der Waals surface area contributed by atoms with E-state index in [0.29, 0.717) is 5.56 Å². The number of rotatable bonds is 1. The average molecular weight is 275 g/mol. The minimum atomic E-state index is -0.717. The van der Waals surface area contributed by atoms with Crippen LogP contribution in [0.15, 0.2) is 27.3 Å². The first-order valence-electron chi connectivity index (χ1n) is 3.94. The van der Waals surface area contributed by atoms with E-state index in [1.807, 2.05) is 0 Å². The van der Waals surface area contributed by atoms with Crippen LogP contribution in [0.2, 0.25) is 0 Å². The van der Waals surface area contributed by atoms with Gasteiger partial charge in [-0.1, -0.05) is 5.16 Å². The molecule has 1 heterocycles. The van der Waals surface area contributed by atoms with E-state index in [4.69, 9.17) is 5.73 Å². The first-order chi connectivity index (χ1) is 7.09. The number of halogens is 3. The van der Waals surface area contributed by atoms with Gasteiger partial charge in [-0.25, -0.2) is 8.78 Å². The van der Waals surface area contributed by atoms with E-state index in [1.165, 1.54) is 12.3 Å². The van der Waals surface area contributed by atoms with Crippen LogP contribution < -0.4 is 5.73 Å². The van der Waals surface area contributed by atoms with Gasteiger partial charge in [-0.3, -0.25) is 0 Å². The van der Waals surface area contributed by atoms with E-state index >= 15 is 0 Å². The van der Waals surface area contributed by atoms with Gasteiger partial charge in [-0.15, -0.1) is 0 Å². The van der Waals surface area contributed by atoms with Gasteiger partial charge in [0, 0.05) is 11.6 Å². The molecule has 0 atom stereocenters. The normalized spacial score (nSPS) is 10.6. The van der Waals surface area contributed by atoms with Crippen molar-refractivity contribution < 1.29 is 13.3 Å². The third-order valence-corrected chi connectivity index (χ3v) is 2.51. The van der Waals surface area contributed by atoms with Crippen molar-refractivity contribution in [1.29, 1.82) is 0 Å². The quantitative estimate of drug-likeness (QED) is 0.814. The van der Waals surface area contributed by atoms with Crippen molar-refractivity contribution in [3.8, 4) is 11.1 Å². The fourth-order valence-electron chi connectivity index (χ4n) is 1.18. The summed E-state index contributed by atoms with van der Waals surface area (Å²) in [6.45, 7) is 0. The highest BCUT2D eigenvalue weighted by Gasteiger charge is 2.14. The number of hydrogen-bond acceptors (Lipinski definition) is 3. The van der Waals surface area contributed by atoms with E-state index < -0.39 is 11.6 Å². The molecule has 0 unspecified atom stereocenters. The molecule has 0 spiro atoms. The van der Waals surface area contributed by atoms with Crippen LogP contribution in [0, 0.1) is 11.6 Å². The molecule has 0 saturated heterocycles. The van der Waals surface area contributed by atoms with Crippen LogP contribution in [0.5, 0.6) is 0 Å². The molecule has 0 amide bonds. The van der Waals surface area contributed by atoms with Crippen LogP contribution in [-0.4, -0.2) is 5.16 Å². The monoisotopic (exact) mass is 274 g/mol.